The van der Waals surface area contributed by atoms with Gasteiger partial charge in [0.15, 0.2) is 5.82 Å². The second-order valence-electron chi connectivity index (χ2n) is 4.75. The number of nitrogen functional groups attached to an aromatic ring is 1. The van der Waals surface area contributed by atoms with Crippen LogP contribution in [0.5, 0.6) is 6.01 Å². The Morgan fingerprint density at radius 2 is 1.71 bits per heavy atom. The van der Waals surface area contributed by atoms with E-state index in [0.29, 0.717) is 16.6 Å². The Morgan fingerprint density at radius 1 is 1.04 bits per heavy atom. The maximum Gasteiger partial charge on any atom is 1.00 e. The standard InChI is InChI=1S/C15H14N4O3S.Na/c1-22-15-17-13-5-3-2-4-12(13)14(18-15)19-23(20,21)11-8-6-10(16)7-9-11;/h2-9H,16H2,1H3,(H,17,18,19);/q;+1. The molecule has 0 aliphatic carbocycles. The summed E-state index contributed by atoms with van der Waals surface area (Å²) in [5.74, 6) is 0.157. The zero-order chi connectivity index (χ0) is 16.4. The Morgan fingerprint density at radius 3 is 2.38 bits per heavy atom. The Hall–Kier alpha value is -1.87. The van der Waals surface area contributed by atoms with Gasteiger partial charge in [-0.1, -0.05) is 12.1 Å². The van der Waals surface area contributed by atoms with Crippen LogP contribution in [-0.4, -0.2) is 25.5 Å². The number of sulfonamides is 1. The van der Waals surface area contributed by atoms with Crippen LogP contribution < -0.4 is 44.7 Å². The minimum atomic E-state index is -3.80. The molecule has 0 fully saturated rings. The van der Waals surface area contributed by atoms with E-state index in [2.05, 4.69) is 14.7 Å². The van der Waals surface area contributed by atoms with Crippen molar-refractivity contribution < 1.29 is 42.7 Å². The van der Waals surface area contributed by atoms with E-state index in [1.54, 1.807) is 24.3 Å². The molecule has 3 N–H and O–H groups in total. The van der Waals surface area contributed by atoms with Gasteiger partial charge in [0.2, 0.25) is 0 Å². The van der Waals surface area contributed by atoms with Crippen LogP contribution in [0.2, 0.25) is 0 Å². The Bertz CT molecular complexity index is 962. The second-order valence-corrected chi connectivity index (χ2v) is 6.43. The minimum Gasteiger partial charge on any atom is -0.467 e. The molecule has 0 amide bonds. The summed E-state index contributed by atoms with van der Waals surface area (Å²) in [6, 6.07) is 13.0. The quantitative estimate of drug-likeness (QED) is 0.461. The fourth-order valence-electron chi connectivity index (χ4n) is 2.06. The third kappa shape index (κ3) is 3.78. The van der Waals surface area contributed by atoms with Gasteiger partial charge in [-0.3, -0.25) is 4.72 Å². The average Bonchev–Trinajstić information content (AvgIpc) is 2.54. The topological polar surface area (TPSA) is 107 Å². The van der Waals surface area contributed by atoms with Crippen molar-refractivity contribution in [3.63, 3.8) is 0 Å². The van der Waals surface area contributed by atoms with Gasteiger partial charge in [0.05, 0.1) is 17.5 Å². The maximum absolute atomic E-state index is 12.5. The van der Waals surface area contributed by atoms with Crippen molar-refractivity contribution in [2.45, 2.75) is 4.90 Å². The van der Waals surface area contributed by atoms with E-state index in [4.69, 9.17) is 10.5 Å². The number of ether oxygens (including phenoxy) is 1. The number of nitrogens with zero attached hydrogens (tertiary/aromatic N) is 2. The molecule has 0 saturated carbocycles. The third-order valence-electron chi connectivity index (χ3n) is 3.19. The summed E-state index contributed by atoms with van der Waals surface area (Å²) >= 11 is 0. The SMILES string of the molecule is COc1nc(NS(=O)(=O)c2ccc(N)cc2)c2ccccc2n1.[Na+]. The maximum atomic E-state index is 12.5. The Labute approximate surface area is 161 Å². The first-order valence-corrected chi connectivity index (χ1v) is 8.17. The summed E-state index contributed by atoms with van der Waals surface area (Å²) < 4.78 is 32.5. The summed E-state index contributed by atoms with van der Waals surface area (Å²) in [6.45, 7) is 0. The average molecular weight is 353 g/mol. The van der Waals surface area contributed by atoms with E-state index in [1.807, 2.05) is 0 Å². The number of methoxy groups -OCH3 is 1. The number of hydrogen-bond acceptors (Lipinski definition) is 6. The molecule has 2 aromatic carbocycles. The van der Waals surface area contributed by atoms with E-state index in [9.17, 15) is 8.42 Å². The van der Waals surface area contributed by atoms with Gasteiger partial charge in [-0.15, -0.1) is 0 Å². The first-order valence-electron chi connectivity index (χ1n) is 6.69. The molecule has 0 saturated heterocycles. The molecular formula is C15H14N4NaO3S+. The number of nitrogens with two attached hydrogens (primary N) is 1. The van der Waals surface area contributed by atoms with E-state index in [-0.39, 0.29) is 46.3 Å². The largest absolute Gasteiger partial charge is 1.00 e. The molecule has 3 aromatic rings. The number of nitrogens with one attached hydrogen (secondary N) is 1. The van der Waals surface area contributed by atoms with Crippen LogP contribution in [0, 0.1) is 0 Å². The van der Waals surface area contributed by atoms with Gasteiger partial charge in [-0.2, -0.15) is 9.97 Å². The number of hydrogen-bond donors (Lipinski definition) is 2. The molecule has 3 rings (SSSR count). The Balaban J connectivity index is 0.00000208. The first-order chi connectivity index (χ1) is 11.0. The van der Waals surface area contributed by atoms with Gasteiger partial charge in [-0.05, 0) is 36.4 Å². The van der Waals surface area contributed by atoms with E-state index in [1.165, 1.54) is 31.4 Å². The van der Waals surface area contributed by atoms with Crippen LogP contribution in [0.4, 0.5) is 11.5 Å². The third-order valence-corrected chi connectivity index (χ3v) is 4.54. The fraction of sp³-hybridized carbons (Fsp3) is 0.0667. The molecule has 1 aromatic heterocycles. The summed E-state index contributed by atoms with van der Waals surface area (Å²) in [7, 11) is -2.38. The van der Waals surface area contributed by atoms with Crippen LogP contribution in [0.1, 0.15) is 0 Å². The predicted molar refractivity (Wildman–Crippen MR) is 87.8 cm³/mol. The number of rotatable bonds is 4. The number of fused-ring (bicyclic) bond motifs is 1. The molecular weight excluding hydrogens is 339 g/mol. The number of aromatic nitrogens is 2. The smallest absolute Gasteiger partial charge is 0.467 e. The van der Waals surface area contributed by atoms with E-state index >= 15 is 0 Å². The minimum absolute atomic E-state index is 0. The van der Waals surface area contributed by atoms with Crippen LogP contribution in [-0.2, 0) is 10.0 Å². The monoisotopic (exact) mass is 353 g/mol. The molecule has 24 heavy (non-hydrogen) atoms. The van der Waals surface area contributed by atoms with Crippen LogP contribution in [0.25, 0.3) is 10.9 Å². The molecule has 0 bridgehead atoms. The normalized spacial score (nSPS) is 10.9. The molecule has 1 heterocycles. The summed E-state index contributed by atoms with van der Waals surface area (Å²) in [5.41, 5.74) is 6.64. The fourth-order valence-corrected chi connectivity index (χ4v) is 3.08. The molecule has 7 nitrogen and oxygen atoms in total. The molecule has 0 spiro atoms. The summed E-state index contributed by atoms with van der Waals surface area (Å²) in [4.78, 5) is 8.37. The van der Waals surface area contributed by atoms with Crippen molar-refractivity contribution in [2.24, 2.45) is 0 Å². The van der Waals surface area contributed by atoms with Crippen LogP contribution >= 0.6 is 0 Å². The van der Waals surface area contributed by atoms with Gasteiger partial charge < -0.3 is 10.5 Å². The van der Waals surface area contributed by atoms with Crippen molar-refractivity contribution in [1.82, 2.24) is 9.97 Å². The summed E-state index contributed by atoms with van der Waals surface area (Å²) in [6.07, 6.45) is 0. The van der Waals surface area contributed by atoms with Crippen LogP contribution in [0.15, 0.2) is 53.4 Å². The van der Waals surface area contributed by atoms with Gasteiger partial charge in [0.25, 0.3) is 10.0 Å². The van der Waals surface area contributed by atoms with Crippen molar-refractivity contribution in [3.8, 4) is 6.01 Å². The van der Waals surface area contributed by atoms with Gasteiger partial charge in [-0.25, -0.2) is 8.42 Å². The molecule has 0 aliphatic rings. The van der Waals surface area contributed by atoms with E-state index in [0.717, 1.165) is 0 Å². The van der Waals surface area contributed by atoms with E-state index < -0.39 is 10.0 Å². The zero-order valence-electron chi connectivity index (χ0n) is 13.2. The number of benzene rings is 2. The molecule has 118 valence electrons. The van der Waals surface area contributed by atoms with Crippen molar-refractivity contribution in [2.75, 3.05) is 17.6 Å². The summed E-state index contributed by atoms with van der Waals surface area (Å²) in [5, 5.41) is 0.576. The van der Waals surface area contributed by atoms with Gasteiger partial charge in [0.1, 0.15) is 0 Å². The van der Waals surface area contributed by atoms with Crippen molar-refractivity contribution in [1.29, 1.82) is 0 Å². The Kier molecular flexibility index (Phi) is 5.66. The zero-order valence-corrected chi connectivity index (χ0v) is 16.0. The number of anilines is 2. The van der Waals surface area contributed by atoms with Crippen LogP contribution in [0.3, 0.4) is 0 Å². The van der Waals surface area contributed by atoms with Crippen molar-refractivity contribution in [3.05, 3.63) is 48.5 Å². The molecule has 0 atom stereocenters. The van der Waals surface area contributed by atoms with Crippen molar-refractivity contribution >= 4 is 32.4 Å². The molecule has 9 heteroatoms. The van der Waals surface area contributed by atoms with Gasteiger partial charge in [0, 0.05) is 11.1 Å². The van der Waals surface area contributed by atoms with Gasteiger partial charge >= 0.3 is 35.6 Å². The molecule has 0 radical (unpaired) electrons. The number of para-hydroxylation sites is 1. The molecule has 0 unspecified atom stereocenters. The first kappa shape index (κ1) is 18.5. The predicted octanol–water partition coefficient (Wildman–Crippen LogP) is -0.975. The second kappa shape index (κ2) is 7.35. The molecule has 0 aliphatic heterocycles.